The molecule has 0 fully saturated rings. The zero-order valence-electron chi connectivity index (χ0n) is 16.4. The third-order valence-electron chi connectivity index (χ3n) is 3.94. The third-order valence-corrected chi connectivity index (χ3v) is 3.94. The van der Waals surface area contributed by atoms with Crippen LogP contribution in [-0.2, 0) is 24.8 Å². The van der Waals surface area contributed by atoms with Gasteiger partial charge in [0, 0.05) is 43.8 Å². The van der Waals surface area contributed by atoms with Crippen molar-refractivity contribution in [1.82, 2.24) is 25.2 Å². The van der Waals surface area contributed by atoms with Crippen molar-refractivity contribution < 1.29 is 27.9 Å². The van der Waals surface area contributed by atoms with Crippen LogP contribution in [0.3, 0.4) is 0 Å². The molecule has 3 rings (SSSR count). The Bertz CT molecular complexity index is 1110. The van der Waals surface area contributed by atoms with Gasteiger partial charge >= 0.3 is 18.2 Å². The lowest BCUT2D eigenvalue weighted by Gasteiger charge is -2.07. The molecule has 0 spiro atoms. The molecule has 0 saturated carbocycles. The number of nitrogens with one attached hydrogen (secondary N) is 3. The number of aliphatic carboxylic acids is 1. The quantitative estimate of drug-likeness (QED) is 0.483. The Morgan fingerprint density at radius 2 is 1.90 bits per heavy atom. The van der Waals surface area contributed by atoms with Crippen LogP contribution in [0.5, 0.6) is 0 Å². The minimum Gasteiger partial charge on any atom is -0.475 e. The SMILES string of the molecule is Cn1cnc(CCNC(=O)NCc2cc3ccccc3[nH]c2=O)c1.O=C(O)C(F)(F)F. The van der Waals surface area contributed by atoms with E-state index in [0.717, 1.165) is 16.6 Å². The predicted octanol–water partition coefficient (Wildman–Crippen LogP) is 1.94. The van der Waals surface area contributed by atoms with E-state index >= 15 is 0 Å². The van der Waals surface area contributed by atoms with E-state index in [1.807, 2.05) is 42.1 Å². The number of para-hydroxylation sites is 1. The molecule has 2 amide bonds. The molecule has 0 unspecified atom stereocenters. The van der Waals surface area contributed by atoms with Gasteiger partial charge in [-0.2, -0.15) is 13.2 Å². The fourth-order valence-electron chi connectivity index (χ4n) is 2.46. The van der Waals surface area contributed by atoms with Gasteiger partial charge < -0.3 is 25.3 Å². The number of carboxylic acids is 1. The Morgan fingerprint density at radius 1 is 1.23 bits per heavy atom. The standard InChI is InChI=1S/C17H19N5O2.C2HF3O2/c1-22-10-14(20-11-22)6-7-18-17(24)19-9-13-8-12-4-2-3-5-15(12)21-16(13)23;3-2(4,5)1(6)7/h2-5,8,10-11H,6-7,9H2,1H3,(H,21,23)(H2,18,19,24);(H,6,7). The molecule has 2 heterocycles. The number of pyridine rings is 1. The predicted molar refractivity (Wildman–Crippen MR) is 105 cm³/mol. The summed E-state index contributed by atoms with van der Waals surface area (Å²) in [5, 5.41) is 13.5. The van der Waals surface area contributed by atoms with E-state index in [9.17, 15) is 22.8 Å². The van der Waals surface area contributed by atoms with Crippen LogP contribution in [0.4, 0.5) is 18.0 Å². The number of carboxylic acid groups (broad SMARTS) is 1. The number of amides is 2. The highest BCUT2D eigenvalue weighted by molar-refractivity contribution is 5.79. The molecule has 166 valence electrons. The van der Waals surface area contributed by atoms with E-state index in [1.54, 1.807) is 12.4 Å². The molecule has 0 aliphatic carbocycles. The molecule has 4 N–H and O–H groups in total. The van der Waals surface area contributed by atoms with Gasteiger partial charge in [0.05, 0.1) is 12.0 Å². The summed E-state index contributed by atoms with van der Waals surface area (Å²) < 4.78 is 33.6. The number of urea groups is 1. The summed E-state index contributed by atoms with van der Waals surface area (Å²) in [6, 6.07) is 9.02. The van der Waals surface area contributed by atoms with Crippen molar-refractivity contribution >= 4 is 22.9 Å². The van der Waals surface area contributed by atoms with Gasteiger partial charge in [-0.25, -0.2) is 14.6 Å². The number of carbonyl (C=O) groups is 2. The highest BCUT2D eigenvalue weighted by Gasteiger charge is 2.38. The Hall–Kier alpha value is -3.83. The zero-order chi connectivity index (χ0) is 23.0. The van der Waals surface area contributed by atoms with Crippen LogP contribution < -0.4 is 16.2 Å². The van der Waals surface area contributed by atoms with Gasteiger partial charge in [-0.15, -0.1) is 0 Å². The van der Waals surface area contributed by atoms with Crippen molar-refractivity contribution in [1.29, 1.82) is 0 Å². The second kappa shape index (κ2) is 10.3. The number of fused-ring (bicyclic) bond motifs is 1. The van der Waals surface area contributed by atoms with Crippen LogP contribution in [-0.4, -0.2) is 44.4 Å². The number of imidazole rings is 1. The van der Waals surface area contributed by atoms with Crippen molar-refractivity contribution in [3.63, 3.8) is 0 Å². The number of carbonyl (C=O) groups excluding carboxylic acids is 1. The molecule has 1 aromatic carbocycles. The Morgan fingerprint density at radius 3 is 2.52 bits per heavy atom. The molecule has 31 heavy (non-hydrogen) atoms. The second-order valence-corrected chi connectivity index (χ2v) is 6.40. The van der Waals surface area contributed by atoms with E-state index in [0.29, 0.717) is 18.5 Å². The fraction of sp³-hybridized carbons (Fsp3) is 0.263. The number of hydrogen-bond acceptors (Lipinski definition) is 4. The van der Waals surface area contributed by atoms with Gasteiger partial charge in [-0.3, -0.25) is 4.79 Å². The van der Waals surface area contributed by atoms with Gasteiger partial charge in [0.2, 0.25) is 0 Å². The normalized spacial score (nSPS) is 10.8. The molecular formula is C19H20F3N5O4. The lowest BCUT2D eigenvalue weighted by molar-refractivity contribution is -0.192. The molecule has 0 radical (unpaired) electrons. The first-order valence-corrected chi connectivity index (χ1v) is 8.96. The smallest absolute Gasteiger partial charge is 0.475 e. The van der Waals surface area contributed by atoms with Crippen molar-refractivity contribution in [2.45, 2.75) is 19.1 Å². The molecule has 3 aromatic rings. The Balaban J connectivity index is 0.000000423. The van der Waals surface area contributed by atoms with Crippen LogP contribution in [0.1, 0.15) is 11.3 Å². The van der Waals surface area contributed by atoms with Crippen LogP contribution >= 0.6 is 0 Å². The number of H-pyrrole nitrogens is 1. The van der Waals surface area contributed by atoms with E-state index in [-0.39, 0.29) is 18.1 Å². The van der Waals surface area contributed by atoms with E-state index < -0.39 is 12.1 Å². The van der Waals surface area contributed by atoms with E-state index in [4.69, 9.17) is 9.90 Å². The summed E-state index contributed by atoms with van der Waals surface area (Å²) in [6.07, 6.45) is -0.791. The topological polar surface area (TPSA) is 129 Å². The molecule has 12 heteroatoms. The van der Waals surface area contributed by atoms with Crippen LogP contribution in [0.25, 0.3) is 10.9 Å². The molecule has 0 aliphatic rings. The highest BCUT2D eigenvalue weighted by Crippen LogP contribution is 2.13. The fourth-order valence-corrected chi connectivity index (χ4v) is 2.46. The summed E-state index contributed by atoms with van der Waals surface area (Å²) in [4.78, 5) is 39.7. The molecule has 0 bridgehead atoms. The lowest BCUT2D eigenvalue weighted by atomic mass is 10.1. The number of aryl methyl sites for hydroxylation is 1. The number of alkyl halides is 3. The average molecular weight is 439 g/mol. The van der Waals surface area contributed by atoms with Crippen molar-refractivity contribution in [2.24, 2.45) is 7.05 Å². The first kappa shape index (κ1) is 23.4. The summed E-state index contributed by atoms with van der Waals surface area (Å²) in [6.45, 7) is 0.659. The number of rotatable bonds is 5. The van der Waals surface area contributed by atoms with E-state index in [1.165, 1.54) is 0 Å². The number of nitrogens with zero attached hydrogens (tertiary/aromatic N) is 2. The summed E-state index contributed by atoms with van der Waals surface area (Å²) in [7, 11) is 1.90. The van der Waals surface area contributed by atoms with Gasteiger partial charge in [-0.1, -0.05) is 18.2 Å². The molecule has 0 aliphatic heterocycles. The molecule has 0 saturated heterocycles. The Labute approximate surface area is 173 Å². The van der Waals surface area contributed by atoms with Gasteiger partial charge in [0.15, 0.2) is 0 Å². The summed E-state index contributed by atoms with van der Waals surface area (Å²) in [5.41, 5.74) is 2.03. The summed E-state index contributed by atoms with van der Waals surface area (Å²) >= 11 is 0. The molecule has 9 nitrogen and oxygen atoms in total. The number of hydrogen-bond donors (Lipinski definition) is 4. The minimum atomic E-state index is -5.08. The average Bonchev–Trinajstić information content (AvgIpc) is 3.11. The highest BCUT2D eigenvalue weighted by atomic mass is 19.4. The first-order chi connectivity index (χ1) is 14.6. The third kappa shape index (κ3) is 7.49. The summed E-state index contributed by atoms with van der Waals surface area (Å²) in [5.74, 6) is -2.76. The zero-order valence-corrected chi connectivity index (χ0v) is 16.4. The van der Waals surface area contributed by atoms with Crippen LogP contribution in [0, 0.1) is 0 Å². The van der Waals surface area contributed by atoms with Gasteiger partial charge in [0.1, 0.15) is 0 Å². The number of halogens is 3. The molecular weight excluding hydrogens is 419 g/mol. The number of aromatic amines is 1. The first-order valence-electron chi connectivity index (χ1n) is 8.96. The van der Waals surface area contributed by atoms with Crippen molar-refractivity contribution in [3.8, 4) is 0 Å². The number of benzene rings is 1. The lowest BCUT2D eigenvalue weighted by Crippen LogP contribution is -2.37. The Kier molecular flexibility index (Phi) is 7.77. The number of aromatic nitrogens is 3. The maximum absolute atomic E-state index is 12.0. The molecule has 2 aromatic heterocycles. The minimum absolute atomic E-state index is 0.176. The van der Waals surface area contributed by atoms with Gasteiger partial charge in [0.25, 0.3) is 5.56 Å². The van der Waals surface area contributed by atoms with Crippen molar-refractivity contribution in [3.05, 3.63) is 64.5 Å². The van der Waals surface area contributed by atoms with Crippen LogP contribution in [0.15, 0.2) is 47.7 Å². The maximum Gasteiger partial charge on any atom is 0.490 e. The molecule has 0 atom stereocenters. The van der Waals surface area contributed by atoms with Gasteiger partial charge in [-0.05, 0) is 17.5 Å². The largest absolute Gasteiger partial charge is 0.490 e. The van der Waals surface area contributed by atoms with E-state index in [2.05, 4.69) is 20.6 Å². The van der Waals surface area contributed by atoms with Crippen molar-refractivity contribution in [2.75, 3.05) is 6.54 Å². The monoisotopic (exact) mass is 439 g/mol. The maximum atomic E-state index is 12.0. The van der Waals surface area contributed by atoms with Crippen LogP contribution in [0.2, 0.25) is 0 Å². The second-order valence-electron chi connectivity index (χ2n) is 6.40.